The first-order valence-corrected chi connectivity index (χ1v) is 14.2. The van der Waals surface area contributed by atoms with Gasteiger partial charge in [-0.25, -0.2) is 8.42 Å². The van der Waals surface area contributed by atoms with E-state index in [-0.39, 0.29) is 22.9 Å². The number of amides is 2. The number of methoxy groups -OCH3 is 1. The topological polar surface area (TPSA) is 96.0 Å². The number of likely N-dealkylation sites (N-methyl/N-ethyl adjacent to an activating group) is 1. The molecule has 13 heteroatoms. The number of alkyl halides is 3. The normalized spacial score (nSPS) is 12.4. The van der Waals surface area contributed by atoms with E-state index in [2.05, 4.69) is 5.32 Å². The van der Waals surface area contributed by atoms with Gasteiger partial charge in [0.2, 0.25) is 11.8 Å². The summed E-state index contributed by atoms with van der Waals surface area (Å²) in [5.74, 6) is -0.846. The highest BCUT2D eigenvalue weighted by Crippen LogP contribution is 2.37. The molecule has 1 atom stereocenters. The number of halogens is 4. The van der Waals surface area contributed by atoms with E-state index in [1.54, 1.807) is 37.3 Å². The van der Waals surface area contributed by atoms with Crippen LogP contribution in [0.3, 0.4) is 0 Å². The zero-order valence-electron chi connectivity index (χ0n) is 22.5. The summed E-state index contributed by atoms with van der Waals surface area (Å²) in [5, 5.41) is 2.18. The predicted octanol–water partition coefficient (Wildman–Crippen LogP) is 5.12. The van der Waals surface area contributed by atoms with Crippen LogP contribution in [0.4, 0.5) is 18.9 Å². The summed E-state index contributed by atoms with van der Waals surface area (Å²) in [6, 6.07) is 14.9. The molecule has 0 spiro atoms. The van der Waals surface area contributed by atoms with Crippen LogP contribution in [0, 0.1) is 0 Å². The van der Waals surface area contributed by atoms with Crippen LogP contribution in [-0.4, -0.2) is 51.9 Å². The van der Waals surface area contributed by atoms with E-state index < -0.39 is 51.9 Å². The van der Waals surface area contributed by atoms with Gasteiger partial charge in [-0.3, -0.25) is 13.9 Å². The standard InChI is InChI=1S/C28H29ClF3N3O5S/c1-4-24(27(37)33-2)34(17-19-9-8-10-21(15-19)40-3)26(36)18-35(41(38,39)22-11-6-5-7-12-22)25-16-20(28(30,31)32)13-14-23(25)29/h5-16,24H,4,17-18H2,1-3H3,(H,33,37)/t24-/m0/s1. The third-order valence-corrected chi connectivity index (χ3v) is 8.37. The van der Waals surface area contributed by atoms with E-state index in [1.165, 1.54) is 43.3 Å². The molecule has 0 unspecified atom stereocenters. The molecule has 0 aliphatic carbocycles. The van der Waals surface area contributed by atoms with Gasteiger partial charge in [0.05, 0.1) is 28.3 Å². The number of sulfonamides is 1. The number of carbonyl (C=O) groups is 2. The summed E-state index contributed by atoms with van der Waals surface area (Å²) in [7, 11) is -1.73. The minimum absolute atomic E-state index is 0.114. The van der Waals surface area contributed by atoms with E-state index in [4.69, 9.17) is 16.3 Å². The third kappa shape index (κ3) is 7.50. The molecule has 0 saturated carbocycles. The molecule has 2 amide bonds. The van der Waals surface area contributed by atoms with Crippen molar-refractivity contribution in [3.8, 4) is 5.75 Å². The van der Waals surface area contributed by atoms with Crippen LogP contribution in [0.2, 0.25) is 5.02 Å². The molecular formula is C28H29ClF3N3O5S. The summed E-state index contributed by atoms with van der Waals surface area (Å²) >= 11 is 6.25. The molecule has 3 rings (SSSR count). The lowest BCUT2D eigenvalue weighted by molar-refractivity contribution is -0.140. The Kier molecular flexibility index (Phi) is 10.3. The maximum atomic E-state index is 13.9. The number of rotatable bonds is 11. The Bertz CT molecular complexity index is 1490. The van der Waals surface area contributed by atoms with Gasteiger partial charge in [-0.05, 0) is 54.4 Å². The predicted molar refractivity (Wildman–Crippen MR) is 149 cm³/mol. The summed E-state index contributed by atoms with van der Waals surface area (Å²) < 4.78 is 74.2. The third-order valence-electron chi connectivity index (χ3n) is 6.27. The van der Waals surface area contributed by atoms with Crippen LogP contribution in [0.1, 0.15) is 24.5 Å². The lowest BCUT2D eigenvalue weighted by Crippen LogP contribution is -2.51. The maximum Gasteiger partial charge on any atom is 0.416 e. The van der Waals surface area contributed by atoms with Gasteiger partial charge in [-0.1, -0.05) is 48.9 Å². The Morgan fingerprint density at radius 3 is 2.29 bits per heavy atom. The monoisotopic (exact) mass is 611 g/mol. The van der Waals surface area contributed by atoms with Crippen molar-refractivity contribution >= 4 is 39.1 Å². The molecule has 0 radical (unpaired) electrons. The summed E-state index contributed by atoms with van der Waals surface area (Å²) in [4.78, 5) is 27.6. The van der Waals surface area contributed by atoms with Crippen molar-refractivity contribution in [1.29, 1.82) is 0 Å². The molecule has 3 aromatic carbocycles. The number of anilines is 1. The minimum Gasteiger partial charge on any atom is -0.497 e. The Hall–Kier alpha value is -3.77. The van der Waals surface area contributed by atoms with Gasteiger partial charge in [0.15, 0.2) is 0 Å². The fraction of sp³-hybridized carbons (Fsp3) is 0.286. The van der Waals surface area contributed by atoms with Crippen molar-refractivity contribution in [3.63, 3.8) is 0 Å². The number of nitrogens with zero attached hydrogens (tertiary/aromatic N) is 2. The first-order chi connectivity index (χ1) is 19.3. The van der Waals surface area contributed by atoms with E-state index in [0.717, 1.165) is 12.1 Å². The fourth-order valence-corrected chi connectivity index (χ4v) is 5.88. The smallest absolute Gasteiger partial charge is 0.416 e. The molecule has 1 N–H and O–H groups in total. The van der Waals surface area contributed by atoms with Crippen LogP contribution in [0.5, 0.6) is 5.75 Å². The highest BCUT2D eigenvalue weighted by molar-refractivity contribution is 7.92. The first-order valence-electron chi connectivity index (χ1n) is 12.4. The Morgan fingerprint density at radius 2 is 1.71 bits per heavy atom. The second-order valence-electron chi connectivity index (χ2n) is 8.90. The number of ether oxygens (including phenoxy) is 1. The lowest BCUT2D eigenvalue weighted by atomic mass is 10.1. The Labute approximate surface area is 241 Å². The molecular weight excluding hydrogens is 583 g/mol. The maximum absolute atomic E-state index is 13.9. The summed E-state index contributed by atoms with van der Waals surface area (Å²) in [5.41, 5.74) is -1.11. The molecule has 0 fully saturated rings. The quantitative estimate of drug-likeness (QED) is 0.325. The highest BCUT2D eigenvalue weighted by atomic mass is 35.5. The SMILES string of the molecule is CC[C@@H](C(=O)NC)N(Cc1cccc(OC)c1)C(=O)CN(c1cc(C(F)(F)F)ccc1Cl)S(=O)(=O)c1ccccc1. The van der Waals surface area contributed by atoms with Gasteiger partial charge in [0, 0.05) is 13.6 Å². The zero-order chi connectivity index (χ0) is 30.4. The number of nitrogens with one attached hydrogen (secondary N) is 1. The van der Waals surface area contributed by atoms with Gasteiger partial charge < -0.3 is 15.0 Å². The molecule has 220 valence electrons. The van der Waals surface area contributed by atoms with Crippen molar-refractivity contribution in [2.75, 3.05) is 25.0 Å². The van der Waals surface area contributed by atoms with Crippen LogP contribution in [-0.2, 0) is 32.3 Å². The number of hydrogen-bond donors (Lipinski definition) is 1. The first kappa shape index (κ1) is 31.8. The molecule has 0 heterocycles. The van der Waals surface area contributed by atoms with E-state index in [9.17, 15) is 31.2 Å². The van der Waals surface area contributed by atoms with Crippen LogP contribution in [0.15, 0.2) is 77.7 Å². The average Bonchev–Trinajstić information content (AvgIpc) is 2.95. The second-order valence-corrected chi connectivity index (χ2v) is 11.2. The van der Waals surface area contributed by atoms with Gasteiger partial charge in [0.25, 0.3) is 10.0 Å². The molecule has 0 bridgehead atoms. The number of hydrogen-bond acceptors (Lipinski definition) is 5. The van der Waals surface area contributed by atoms with Gasteiger partial charge in [-0.2, -0.15) is 13.2 Å². The molecule has 3 aromatic rings. The molecule has 41 heavy (non-hydrogen) atoms. The second kappa shape index (κ2) is 13.3. The van der Waals surface area contributed by atoms with Gasteiger partial charge in [0.1, 0.15) is 18.3 Å². The molecule has 8 nitrogen and oxygen atoms in total. The van der Waals surface area contributed by atoms with Crippen molar-refractivity contribution in [3.05, 3.63) is 88.9 Å². The zero-order valence-corrected chi connectivity index (χ0v) is 24.1. The number of carbonyl (C=O) groups excluding carboxylic acids is 2. The Balaban J connectivity index is 2.16. The van der Waals surface area contributed by atoms with Crippen molar-refractivity contribution in [2.45, 2.75) is 37.0 Å². The van der Waals surface area contributed by atoms with Gasteiger partial charge in [-0.15, -0.1) is 0 Å². The largest absolute Gasteiger partial charge is 0.497 e. The van der Waals surface area contributed by atoms with Crippen molar-refractivity contribution < 1.29 is 35.9 Å². The van der Waals surface area contributed by atoms with Crippen molar-refractivity contribution in [2.24, 2.45) is 0 Å². The average molecular weight is 612 g/mol. The van der Waals surface area contributed by atoms with Crippen LogP contribution in [0.25, 0.3) is 0 Å². The van der Waals surface area contributed by atoms with Crippen LogP contribution < -0.4 is 14.4 Å². The van der Waals surface area contributed by atoms with Crippen LogP contribution >= 0.6 is 11.6 Å². The summed E-state index contributed by atoms with van der Waals surface area (Å²) in [6.07, 6.45) is -4.64. The fourth-order valence-electron chi connectivity index (χ4n) is 4.17. The van der Waals surface area contributed by atoms with E-state index in [0.29, 0.717) is 21.7 Å². The van der Waals surface area contributed by atoms with E-state index in [1.807, 2.05) is 0 Å². The summed E-state index contributed by atoms with van der Waals surface area (Å²) in [6.45, 7) is 0.626. The number of benzene rings is 3. The van der Waals surface area contributed by atoms with Crippen molar-refractivity contribution in [1.82, 2.24) is 10.2 Å². The molecule has 0 aliphatic heterocycles. The highest BCUT2D eigenvalue weighted by Gasteiger charge is 2.36. The van der Waals surface area contributed by atoms with Gasteiger partial charge >= 0.3 is 6.18 Å². The lowest BCUT2D eigenvalue weighted by Gasteiger charge is -2.33. The Morgan fingerprint density at radius 1 is 1.02 bits per heavy atom. The molecule has 0 saturated heterocycles. The van der Waals surface area contributed by atoms with E-state index >= 15 is 0 Å². The molecule has 0 aliphatic rings. The minimum atomic E-state index is -4.81. The molecule has 0 aromatic heterocycles.